The molecule has 0 saturated heterocycles. The summed E-state index contributed by atoms with van der Waals surface area (Å²) in [5.74, 6) is 0. The molecule has 0 atom stereocenters. The number of aryl methyl sites for hydroxylation is 1. The van der Waals surface area contributed by atoms with Gasteiger partial charge in [0, 0.05) is 24.6 Å². The minimum atomic E-state index is 0.719. The molecule has 1 aromatic rings. The number of nitrogens with zero attached hydrogens (tertiary/aromatic N) is 3. The lowest BCUT2D eigenvalue weighted by Crippen LogP contribution is -2.07. The van der Waals surface area contributed by atoms with Crippen LogP contribution < -0.4 is 0 Å². The number of unbranched alkanes of at least 4 members (excludes halogenated alkanes) is 1. The molecule has 1 heterocycles. The second kappa shape index (κ2) is 7.82. The monoisotopic (exact) mass is 275 g/mol. The Bertz CT molecular complexity index is 265. The Kier molecular flexibility index (Phi) is 6.59. The van der Waals surface area contributed by atoms with Crippen LogP contribution in [0.5, 0.6) is 0 Å². The Morgan fingerprint density at radius 2 is 2.33 bits per heavy atom. The van der Waals surface area contributed by atoms with Crippen molar-refractivity contribution in [3.63, 3.8) is 0 Å². The Balaban J connectivity index is 2.14. The molecule has 86 valence electrons. The Hall–Kier alpha value is -0.420. The van der Waals surface area contributed by atoms with Gasteiger partial charge in [0.25, 0.3) is 0 Å². The van der Waals surface area contributed by atoms with Crippen molar-refractivity contribution >= 4 is 15.9 Å². The molecule has 0 aliphatic rings. The van der Waals surface area contributed by atoms with Gasteiger partial charge in [-0.2, -0.15) is 0 Å². The molecular weight excluding hydrogens is 258 g/mol. The largest absolute Gasteiger partial charge is 0.380 e. The van der Waals surface area contributed by atoms with E-state index in [2.05, 4.69) is 33.2 Å². The molecule has 5 heteroatoms. The van der Waals surface area contributed by atoms with Crippen molar-refractivity contribution in [3.05, 3.63) is 11.9 Å². The summed E-state index contributed by atoms with van der Waals surface area (Å²) in [7, 11) is 0. The van der Waals surface area contributed by atoms with Crippen LogP contribution in [-0.4, -0.2) is 33.5 Å². The fraction of sp³-hybridized carbons (Fsp3) is 0.800. The fourth-order valence-electron chi connectivity index (χ4n) is 1.17. The van der Waals surface area contributed by atoms with E-state index in [1.807, 2.05) is 10.9 Å². The second-order valence-corrected chi connectivity index (χ2v) is 4.17. The number of aromatic nitrogens is 3. The SMILES string of the molecule is CCCCOCCn1cc(CCBr)nn1. The van der Waals surface area contributed by atoms with Gasteiger partial charge >= 0.3 is 0 Å². The van der Waals surface area contributed by atoms with Crippen molar-refractivity contribution in [2.45, 2.75) is 32.7 Å². The molecule has 4 nitrogen and oxygen atoms in total. The first-order chi connectivity index (χ1) is 7.36. The number of hydrogen-bond acceptors (Lipinski definition) is 3. The average Bonchev–Trinajstić information content (AvgIpc) is 2.66. The topological polar surface area (TPSA) is 39.9 Å². The quantitative estimate of drug-likeness (QED) is 0.539. The van der Waals surface area contributed by atoms with E-state index >= 15 is 0 Å². The normalized spacial score (nSPS) is 10.8. The minimum absolute atomic E-state index is 0.719. The maximum absolute atomic E-state index is 5.45. The zero-order valence-electron chi connectivity index (χ0n) is 9.15. The van der Waals surface area contributed by atoms with Crippen LogP contribution in [0.1, 0.15) is 25.5 Å². The zero-order chi connectivity index (χ0) is 10.9. The summed E-state index contributed by atoms with van der Waals surface area (Å²) in [5.41, 5.74) is 1.03. The van der Waals surface area contributed by atoms with Gasteiger partial charge in [-0.1, -0.05) is 34.5 Å². The molecule has 0 amide bonds. The maximum atomic E-state index is 5.45. The van der Waals surface area contributed by atoms with Gasteiger partial charge in [0.1, 0.15) is 0 Å². The predicted molar refractivity (Wildman–Crippen MR) is 63.2 cm³/mol. The fourth-order valence-corrected chi connectivity index (χ4v) is 1.57. The molecule has 0 radical (unpaired) electrons. The molecule has 0 N–H and O–H groups in total. The van der Waals surface area contributed by atoms with E-state index in [9.17, 15) is 0 Å². The summed E-state index contributed by atoms with van der Waals surface area (Å²) in [6.45, 7) is 4.52. The Morgan fingerprint density at radius 1 is 1.47 bits per heavy atom. The van der Waals surface area contributed by atoms with Crippen molar-refractivity contribution in [1.82, 2.24) is 15.0 Å². The van der Waals surface area contributed by atoms with Gasteiger partial charge < -0.3 is 4.74 Å². The molecule has 1 rings (SSSR count). The van der Waals surface area contributed by atoms with E-state index in [1.165, 1.54) is 6.42 Å². The standard InChI is InChI=1S/C10H18BrN3O/c1-2-3-7-15-8-6-14-9-10(4-5-11)12-13-14/h9H,2-8H2,1H3. The molecule has 0 aliphatic carbocycles. The molecule has 1 aromatic heterocycles. The van der Waals surface area contributed by atoms with E-state index in [0.717, 1.165) is 43.6 Å². The van der Waals surface area contributed by atoms with Gasteiger partial charge in [0.2, 0.25) is 0 Å². The lowest BCUT2D eigenvalue weighted by atomic mass is 10.4. The molecule has 0 unspecified atom stereocenters. The Morgan fingerprint density at radius 3 is 3.07 bits per heavy atom. The lowest BCUT2D eigenvalue weighted by molar-refractivity contribution is 0.120. The van der Waals surface area contributed by atoms with Gasteiger partial charge in [-0.05, 0) is 6.42 Å². The smallest absolute Gasteiger partial charge is 0.0835 e. The molecule has 0 aromatic carbocycles. The molecule has 0 spiro atoms. The van der Waals surface area contributed by atoms with E-state index in [1.54, 1.807) is 0 Å². The summed E-state index contributed by atoms with van der Waals surface area (Å²) in [5, 5.41) is 9.00. The van der Waals surface area contributed by atoms with Gasteiger partial charge in [0.15, 0.2) is 0 Å². The van der Waals surface area contributed by atoms with Crippen LogP contribution in [0.3, 0.4) is 0 Å². The van der Waals surface area contributed by atoms with Crippen molar-refractivity contribution in [3.8, 4) is 0 Å². The van der Waals surface area contributed by atoms with E-state index in [4.69, 9.17) is 4.74 Å². The third-order valence-electron chi connectivity index (χ3n) is 2.04. The maximum Gasteiger partial charge on any atom is 0.0835 e. The molecule has 15 heavy (non-hydrogen) atoms. The molecular formula is C10H18BrN3O. The number of ether oxygens (including phenoxy) is 1. The highest BCUT2D eigenvalue weighted by Gasteiger charge is 1.99. The number of rotatable bonds is 8. The zero-order valence-corrected chi connectivity index (χ0v) is 10.7. The number of halogens is 1. The van der Waals surface area contributed by atoms with Crippen LogP contribution in [0.15, 0.2) is 6.20 Å². The van der Waals surface area contributed by atoms with Crippen LogP contribution >= 0.6 is 15.9 Å². The summed E-state index contributed by atoms with van der Waals surface area (Å²) in [6.07, 6.45) is 5.21. The number of alkyl halides is 1. The van der Waals surface area contributed by atoms with Crippen molar-refractivity contribution in [2.24, 2.45) is 0 Å². The third kappa shape index (κ3) is 5.28. The van der Waals surface area contributed by atoms with E-state index < -0.39 is 0 Å². The van der Waals surface area contributed by atoms with Crippen LogP contribution in [-0.2, 0) is 17.7 Å². The highest BCUT2D eigenvalue weighted by molar-refractivity contribution is 9.09. The van der Waals surface area contributed by atoms with Gasteiger partial charge in [-0.15, -0.1) is 5.10 Å². The first-order valence-electron chi connectivity index (χ1n) is 5.39. The van der Waals surface area contributed by atoms with Crippen LogP contribution in [0, 0.1) is 0 Å². The second-order valence-electron chi connectivity index (χ2n) is 3.38. The first kappa shape index (κ1) is 12.6. The Labute approximate surface area is 99.1 Å². The summed E-state index contributed by atoms with van der Waals surface area (Å²) >= 11 is 3.37. The van der Waals surface area contributed by atoms with Crippen LogP contribution in [0.4, 0.5) is 0 Å². The molecule has 0 saturated carbocycles. The number of hydrogen-bond donors (Lipinski definition) is 0. The van der Waals surface area contributed by atoms with Gasteiger partial charge in [-0.25, -0.2) is 4.68 Å². The summed E-state index contributed by atoms with van der Waals surface area (Å²) in [4.78, 5) is 0. The van der Waals surface area contributed by atoms with Crippen molar-refractivity contribution < 1.29 is 4.74 Å². The van der Waals surface area contributed by atoms with E-state index in [0.29, 0.717) is 0 Å². The predicted octanol–water partition coefficient (Wildman–Crippen LogP) is 2.03. The third-order valence-corrected chi connectivity index (χ3v) is 2.44. The lowest BCUT2D eigenvalue weighted by Gasteiger charge is -2.02. The van der Waals surface area contributed by atoms with Gasteiger partial charge in [-0.3, -0.25) is 0 Å². The molecule has 0 fully saturated rings. The van der Waals surface area contributed by atoms with Crippen molar-refractivity contribution in [1.29, 1.82) is 0 Å². The highest BCUT2D eigenvalue weighted by atomic mass is 79.9. The molecule has 0 bridgehead atoms. The molecule has 0 aliphatic heterocycles. The van der Waals surface area contributed by atoms with Crippen molar-refractivity contribution in [2.75, 3.05) is 18.5 Å². The van der Waals surface area contributed by atoms with Gasteiger partial charge in [0.05, 0.1) is 18.8 Å². The van der Waals surface area contributed by atoms with Crippen LogP contribution in [0.2, 0.25) is 0 Å². The highest BCUT2D eigenvalue weighted by Crippen LogP contribution is 1.97. The van der Waals surface area contributed by atoms with E-state index in [-0.39, 0.29) is 0 Å². The summed E-state index contributed by atoms with van der Waals surface area (Å²) in [6, 6.07) is 0. The van der Waals surface area contributed by atoms with Crippen LogP contribution in [0.25, 0.3) is 0 Å². The first-order valence-corrected chi connectivity index (χ1v) is 6.51. The summed E-state index contributed by atoms with van der Waals surface area (Å²) < 4.78 is 7.29. The minimum Gasteiger partial charge on any atom is -0.380 e. The average molecular weight is 276 g/mol.